The Morgan fingerprint density at radius 2 is 1.86 bits per heavy atom. The van der Waals surface area contributed by atoms with Crippen LogP contribution in [-0.4, -0.2) is 46.0 Å². The van der Waals surface area contributed by atoms with E-state index in [-0.39, 0.29) is 30.4 Å². The quantitative estimate of drug-likeness (QED) is 0.431. The first-order valence-electron chi connectivity index (χ1n) is 8.48. The second-order valence-corrected chi connectivity index (χ2v) is 6.80. The lowest BCUT2D eigenvalue weighted by Crippen LogP contribution is -2.38. The van der Waals surface area contributed by atoms with Crippen LogP contribution in [0, 0.1) is 10.1 Å². The van der Waals surface area contributed by atoms with Gasteiger partial charge in [0.2, 0.25) is 0 Å². The zero-order valence-corrected chi connectivity index (χ0v) is 15.6. The normalized spacial score (nSPS) is 15.5. The Hall–Kier alpha value is -2.81. The standard InChI is InChI=1S/C19H17ClN2O6/c1-11(12-5-7-13(20)8-6-12)28-10-14(23)9-21-18(24)15-3-2-4-16(22(26)27)17(15)19(21)25/h2-8,11,14,23H,9-10H2,1H3/t11-,14-/m1/s1. The average molecular weight is 405 g/mol. The van der Waals surface area contributed by atoms with Gasteiger partial charge in [-0.3, -0.25) is 24.6 Å². The van der Waals surface area contributed by atoms with Crippen molar-refractivity contribution in [2.24, 2.45) is 0 Å². The number of hydrogen-bond acceptors (Lipinski definition) is 6. The maximum Gasteiger partial charge on any atom is 0.282 e. The van der Waals surface area contributed by atoms with Crippen molar-refractivity contribution in [2.75, 3.05) is 13.2 Å². The van der Waals surface area contributed by atoms with Gasteiger partial charge in [-0.05, 0) is 30.7 Å². The van der Waals surface area contributed by atoms with Crippen molar-refractivity contribution in [1.29, 1.82) is 0 Å². The van der Waals surface area contributed by atoms with Gasteiger partial charge in [-0.15, -0.1) is 0 Å². The Balaban J connectivity index is 1.64. The fraction of sp³-hybridized carbons (Fsp3) is 0.263. The minimum atomic E-state index is -1.14. The van der Waals surface area contributed by atoms with Crippen LogP contribution in [0.25, 0.3) is 0 Å². The number of β-amino-alcohol motifs (C(OH)–C–C–N with tert-alkyl or cyclic N) is 1. The number of halogens is 1. The second kappa shape index (κ2) is 8.05. The highest BCUT2D eigenvalue weighted by molar-refractivity contribution is 6.30. The maximum absolute atomic E-state index is 12.5. The van der Waals surface area contributed by atoms with Crippen LogP contribution in [0.5, 0.6) is 0 Å². The summed E-state index contributed by atoms with van der Waals surface area (Å²) in [5.74, 6) is -1.47. The van der Waals surface area contributed by atoms with Gasteiger partial charge in [-0.2, -0.15) is 0 Å². The lowest BCUT2D eigenvalue weighted by Gasteiger charge is -2.20. The molecule has 3 rings (SSSR count). The molecule has 146 valence electrons. The Morgan fingerprint density at radius 3 is 2.50 bits per heavy atom. The minimum absolute atomic E-state index is 0.0400. The first kappa shape index (κ1) is 19.9. The van der Waals surface area contributed by atoms with Crippen molar-refractivity contribution in [1.82, 2.24) is 4.90 Å². The Kier molecular flexibility index (Phi) is 5.73. The van der Waals surface area contributed by atoms with Crippen LogP contribution in [-0.2, 0) is 4.74 Å². The molecule has 1 N–H and O–H groups in total. The van der Waals surface area contributed by atoms with Gasteiger partial charge in [0.15, 0.2) is 0 Å². The predicted octanol–water partition coefficient (Wildman–Crippen LogP) is 2.98. The molecule has 0 unspecified atom stereocenters. The number of amides is 2. The summed E-state index contributed by atoms with van der Waals surface area (Å²) in [6.45, 7) is 1.34. The summed E-state index contributed by atoms with van der Waals surface area (Å²) in [7, 11) is 0. The number of ether oxygens (including phenoxy) is 1. The van der Waals surface area contributed by atoms with Gasteiger partial charge in [-0.1, -0.05) is 29.8 Å². The van der Waals surface area contributed by atoms with Crippen LogP contribution in [0.3, 0.4) is 0 Å². The van der Waals surface area contributed by atoms with Crippen molar-refractivity contribution < 1.29 is 24.4 Å². The highest BCUT2D eigenvalue weighted by Crippen LogP contribution is 2.30. The smallest absolute Gasteiger partial charge is 0.282 e. The number of rotatable bonds is 7. The highest BCUT2D eigenvalue weighted by atomic mass is 35.5. The van der Waals surface area contributed by atoms with Crippen molar-refractivity contribution in [3.05, 3.63) is 74.3 Å². The fourth-order valence-corrected chi connectivity index (χ4v) is 3.11. The van der Waals surface area contributed by atoms with E-state index >= 15 is 0 Å². The SMILES string of the molecule is C[C@@H](OC[C@H](O)CN1C(=O)c2cccc([N+](=O)[O-])c2C1=O)c1ccc(Cl)cc1. The van der Waals surface area contributed by atoms with Gasteiger partial charge in [0.05, 0.1) is 35.8 Å². The van der Waals surface area contributed by atoms with Crippen LogP contribution in [0.2, 0.25) is 5.02 Å². The number of imide groups is 1. The number of nitro benzene ring substituents is 1. The molecular formula is C19H17ClN2O6. The number of aliphatic hydroxyl groups is 1. The van der Waals surface area contributed by atoms with Crippen molar-refractivity contribution >= 4 is 29.1 Å². The Morgan fingerprint density at radius 1 is 1.18 bits per heavy atom. The van der Waals surface area contributed by atoms with Crippen molar-refractivity contribution in [3.8, 4) is 0 Å². The van der Waals surface area contributed by atoms with Gasteiger partial charge in [0.1, 0.15) is 5.56 Å². The molecule has 2 amide bonds. The molecule has 0 radical (unpaired) electrons. The Labute approximate surface area is 165 Å². The average Bonchev–Trinajstić information content (AvgIpc) is 2.91. The zero-order valence-electron chi connectivity index (χ0n) is 14.9. The molecule has 0 saturated carbocycles. The molecule has 0 fully saturated rings. The molecule has 2 aromatic carbocycles. The molecule has 2 atom stereocenters. The first-order valence-corrected chi connectivity index (χ1v) is 8.86. The monoisotopic (exact) mass is 404 g/mol. The predicted molar refractivity (Wildman–Crippen MR) is 100 cm³/mol. The summed E-state index contributed by atoms with van der Waals surface area (Å²) in [5, 5.41) is 21.9. The van der Waals surface area contributed by atoms with E-state index in [9.17, 15) is 24.8 Å². The van der Waals surface area contributed by atoms with Gasteiger partial charge < -0.3 is 9.84 Å². The molecule has 0 aliphatic carbocycles. The summed E-state index contributed by atoms with van der Waals surface area (Å²) in [4.78, 5) is 36.1. The molecule has 0 bridgehead atoms. The molecule has 1 aliphatic rings. The molecule has 9 heteroatoms. The Bertz CT molecular complexity index is 931. The third-order valence-electron chi connectivity index (χ3n) is 4.45. The molecule has 0 aromatic heterocycles. The maximum atomic E-state index is 12.5. The summed E-state index contributed by atoms with van der Waals surface area (Å²) in [6.07, 6.45) is -1.48. The summed E-state index contributed by atoms with van der Waals surface area (Å²) >= 11 is 5.84. The van der Waals surface area contributed by atoms with E-state index in [0.717, 1.165) is 10.5 Å². The van der Waals surface area contributed by atoms with E-state index in [1.165, 1.54) is 18.2 Å². The number of aliphatic hydroxyl groups excluding tert-OH is 1. The third kappa shape index (κ3) is 3.89. The summed E-state index contributed by atoms with van der Waals surface area (Å²) < 4.78 is 5.60. The molecule has 1 aliphatic heterocycles. The summed E-state index contributed by atoms with van der Waals surface area (Å²) in [6, 6.07) is 10.9. The number of carbonyl (C=O) groups excluding carboxylic acids is 2. The van der Waals surface area contributed by atoms with Gasteiger partial charge in [0, 0.05) is 11.1 Å². The lowest BCUT2D eigenvalue weighted by atomic mass is 10.1. The van der Waals surface area contributed by atoms with Crippen LogP contribution >= 0.6 is 11.6 Å². The van der Waals surface area contributed by atoms with E-state index in [2.05, 4.69) is 0 Å². The molecule has 1 heterocycles. The van der Waals surface area contributed by atoms with E-state index in [1.54, 1.807) is 31.2 Å². The van der Waals surface area contributed by atoms with Crippen LogP contribution in [0.1, 0.15) is 39.3 Å². The molecule has 28 heavy (non-hydrogen) atoms. The van der Waals surface area contributed by atoms with Gasteiger partial charge >= 0.3 is 0 Å². The van der Waals surface area contributed by atoms with E-state index < -0.39 is 28.5 Å². The van der Waals surface area contributed by atoms with E-state index in [1.807, 2.05) is 0 Å². The van der Waals surface area contributed by atoms with Gasteiger partial charge in [-0.25, -0.2) is 0 Å². The minimum Gasteiger partial charge on any atom is -0.389 e. The number of benzene rings is 2. The topological polar surface area (TPSA) is 110 Å². The largest absolute Gasteiger partial charge is 0.389 e. The first-order chi connectivity index (χ1) is 13.3. The second-order valence-electron chi connectivity index (χ2n) is 6.36. The van der Waals surface area contributed by atoms with E-state index in [4.69, 9.17) is 16.3 Å². The number of carbonyl (C=O) groups is 2. The zero-order chi connectivity index (χ0) is 20.4. The number of nitro groups is 1. The lowest BCUT2D eigenvalue weighted by molar-refractivity contribution is -0.385. The number of hydrogen-bond donors (Lipinski definition) is 1. The molecule has 2 aromatic rings. The number of fused-ring (bicyclic) bond motifs is 1. The van der Waals surface area contributed by atoms with Crippen LogP contribution < -0.4 is 0 Å². The molecule has 0 spiro atoms. The summed E-state index contributed by atoms with van der Waals surface area (Å²) in [5.41, 5.74) is 0.135. The number of nitrogens with zero attached hydrogens (tertiary/aromatic N) is 2. The van der Waals surface area contributed by atoms with Crippen LogP contribution in [0.15, 0.2) is 42.5 Å². The highest BCUT2D eigenvalue weighted by Gasteiger charge is 2.41. The fourth-order valence-electron chi connectivity index (χ4n) is 2.98. The molecule has 0 saturated heterocycles. The van der Waals surface area contributed by atoms with Crippen LogP contribution in [0.4, 0.5) is 5.69 Å². The molecule has 8 nitrogen and oxygen atoms in total. The molecular weight excluding hydrogens is 388 g/mol. The van der Waals surface area contributed by atoms with E-state index in [0.29, 0.717) is 5.02 Å². The van der Waals surface area contributed by atoms with Gasteiger partial charge in [0.25, 0.3) is 17.5 Å². The third-order valence-corrected chi connectivity index (χ3v) is 4.70. The van der Waals surface area contributed by atoms with Crippen molar-refractivity contribution in [3.63, 3.8) is 0 Å². The van der Waals surface area contributed by atoms with Crippen molar-refractivity contribution in [2.45, 2.75) is 19.1 Å².